The van der Waals surface area contributed by atoms with Gasteiger partial charge in [-0.1, -0.05) is 19.1 Å². The van der Waals surface area contributed by atoms with Crippen molar-refractivity contribution in [2.75, 3.05) is 20.8 Å². The second-order valence-electron chi connectivity index (χ2n) is 11.0. The number of nitrogens with zero attached hydrogens (tertiary/aromatic N) is 2. The molecule has 10 heteroatoms. The average Bonchev–Trinajstić information content (AvgIpc) is 3.66. The number of aliphatic imine (C=N–C) groups is 1. The molecule has 8 atom stereocenters. The fourth-order valence-electron chi connectivity index (χ4n) is 6.51. The second-order valence-corrected chi connectivity index (χ2v) is 11.0. The number of ether oxygens (including phenoxy) is 4. The number of fused-ring (bicyclic) bond motifs is 2. The molecule has 10 nitrogen and oxygen atoms in total. The van der Waals surface area contributed by atoms with Crippen molar-refractivity contribution in [3.63, 3.8) is 0 Å². The first-order valence-corrected chi connectivity index (χ1v) is 14.1. The molecule has 1 saturated heterocycles. The Bertz CT molecular complexity index is 1260. The number of esters is 1. The van der Waals surface area contributed by atoms with Crippen molar-refractivity contribution in [2.24, 2.45) is 22.7 Å². The zero-order valence-electron chi connectivity index (χ0n) is 23.3. The Morgan fingerprint density at radius 1 is 1.18 bits per heavy atom. The lowest BCUT2D eigenvalue weighted by atomic mass is 9.84. The van der Waals surface area contributed by atoms with Gasteiger partial charge in [0.2, 0.25) is 12.2 Å². The fourth-order valence-corrected chi connectivity index (χ4v) is 6.51. The number of hydrogen-bond donors (Lipinski definition) is 3. The summed E-state index contributed by atoms with van der Waals surface area (Å²) in [6.07, 6.45) is 6.41. The first-order chi connectivity index (χ1) is 19.4. The molecule has 218 valence electrons. The molecule has 3 heterocycles. The number of carbonyl (C=O) groups excluding carboxylic acids is 1. The summed E-state index contributed by atoms with van der Waals surface area (Å²) >= 11 is 0. The summed E-state index contributed by atoms with van der Waals surface area (Å²) in [4.78, 5) is 16.8. The summed E-state index contributed by atoms with van der Waals surface area (Å²) in [6.45, 7) is 2.43. The summed E-state index contributed by atoms with van der Waals surface area (Å²) in [7, 11) is 3.08. The van der Waals surface area contributed by atoms with Crippen molar-refractivity contribution in [3.05, 3.63) is 42.1 Å². The van der Waals surface area contributed by atoms with Crippen LogP contribution in [-0.2, 0) is 25.5 Å². The van der Waals surface area contributed by atoms with E-state index < -0.39 is 37.3 Å². The first kappa shape index (κ1) is 28.6. The van der Waals surface area contributed by atoms with Crippen molar-refractivity contribution in [1.29, 1.82) is 0 Å². The highest BCUT2D eigenvalue weighted by Gasteiger charge is 2.49. The van der Waals surface area contributed by atoms with Crippen LogP contribution in [0.4, 0.5) is 0 Å². The van der Waals surface area contributed by atoms with Crippen LogP contribution in [0.2, 0.25) is 0 Å². The minimum Gasteiger partial charge on any atom is -0.497 e. The molecule has 0 amide bonds. The number of aliphatic hydroxyl groups is 3. The van der Waals surface area contributed by atoms with E-state index in [-0.39, 0.29) is 11.9 Å². The van der Waals surface area contributed by atoms with Gasteiger partial charge in [-0.05, 0) is 55.6 Å². The van der Waals surface area contributed by atoms with Gasteiger partial charge in [0.15, 0.2) is 0 Å². The van der Waals surface area contributed by atoms with Crippen molar-refractivity contribution in [1.82, 2.24) is 4.57 Å². The maximum Gasteiger partial charge on any atom is 0.305 e. The van der Waals surface area contributed by atoms with Crippen molar-refractivity contribution in [2.45, 2.75) is 76.2 Å². The molecule has 1 aromatic heterocycles. The van der Waals surface area contributed by atoms with Crippen LogP contribution in [0.5, 0.6) is 5.75 Å². The Kier molecular flexibility index (Phi) is 8.80. The zero-order valence-corrected chi connectivity index (χ0v) is 23.3. The Balaban J connectivity index is 1.46. The normalized spacial score (nSPS) is 31.8. The number of aliphatic hydroxyl groups excluding tert-OH is 3. The van der Waals surface area contributed by atoms with Gasteiger partial charge in [0.05, 0.1) is 31.9 Å². The molecule has 1 aromatic carbocycles. The van der Waals surface area contributed by atoms with Crippen LogP contribution in [0.15, 0.2) is 41.5 Å². The quantitative estimate of drug-likeness (QED) is 0.301. The maximum absolute atomic E-state index is 12.1. The van der Waals surface area contributed by atoms with Gasteiger partial charge in [-0.15, -0.1) is 0 Å². The van der Waals surface area contributed by atoms with Crippen LogP contribution in [-0.4, -0.2) is 83.2 Å². The third kappa shape index (κ3) is 5.50. The van der Waals surface area contributed by atoms with Crippen LogP contribution in [0.3, 0.4) is 0 Å². The van der Waals surface area contributed by atoms with Crippen LogP contribution in [0, 0.1) is 17.8 Å². The molecule has 2 aromatic rings. The predicted octanol–water partition coefficient (Wildman–Crippen LogP) is 2.80. The van der Waals surface area contributed by atoms with E-state index in [1.54, 1.807) is 7.11 Å². The van der Waals surface area contributed by atoms with E-state index in [0.717, 1.165) is 54.4 Å². The lowest BCUT2D eigenvalue weighted by Crippen LogP contribution is -2.56. The zero-order chi connectivity index (χ0) is 28.4. The molecule has 3 N–H and O–H groups in total. The van der Waals surface area contributed by atoms with Crippen LogP contribution >= 0.6 is 0 Å². The van der Waals surface area contributed by atoms with Gasteiger partial charge in [-0.3, -0.25) is 4.79 Å². The fraction of sp³-hybridized carbons (Fsp3) is 0.600. The van der Waals surface area contributed by atoms with Gasteiger partial charge in [0.1, 0.15) is 30.1 Å². The summed E-state index contributed by atoms with van der Waals surface area (Å²) < 4.78 is 24.5. The number of hydrogen-bond acceptors (Lipinski definition) is 9. The number of rotatable bonds is 10. The van der Waals surface area contributed by atoms with Gasteiger partial charge in [-0.2, -0.15) is 0 Å². The lowest BCUT2D eigenvalue weighted by Gasteiger charge is -2.36. The maximum atomic E-state index is 12.1. The van der Waals surface area contributed by atoms with Crippen molar-refractivity contribution in [3.8, 4) is 5.75 Å². The molecule has 1 aliphatic carbocycles. The lowest BCUT2D eigenvalue weighted by molar-refractivity contribution is -0.234. The van der Waals surface area contributed by atoms with E-state index in [4.69, 9.17) is 18.9 Å². The van der Waals surface area contributed by atoms with Crippen molar-refractivity contribution >= 4 is 22.8 Å². The first-order valence-electron chi connectivity index (χ1n) is 14.1. The van der Waals surface area contributed by atoms with E-state index in [1.165, 1.54) is 7.11 Å². The van der Waals surface area contributed by atoms with E-state index in [9.17, 15) is 20.1 Å². The minimum atomic E-state index is -1.26. The van der Waals surface area contributed by atoms with Gasteiger partial charge in [-0.25, -0.2) is 4.99 Å². The van der Waals surface area contributed by atoms with Crippen molar-refractivity contribution < 1.29 is 39.1 Å². The highest BCUT2D eigenvalue weighted by Crippen LogP contribution is 2.43. The number of carbonyl (C=O) groups is 1. The monoisotopic (exact) mass is 556 g/mol. The SMILES string of the molecule is CC/C=C\CC1C(Cn2cc(C3=NC4C(O3)OC(CO)C(O)C4O)c3ccc(OC)cc32)CC[C@@H]1CC(=O)OC. The van der Waals surface area contributed by atoms with Gasteiger partial charge < -0.3 is 38.8 Å². The predicted molar refractivity (Wildman–Crippen MR) is 148 cm³/mol. The van der Waals surface area contributed by atoms with E-state index in [0.29, 0.717) is 24.2 Å². The molecule has 0 spiro atoms. The van der Waals surface area contributed by atoms with E-state index in [2.05, 4.69) is 28.6 Å². The molecule has 0 bridgehead atoms. The summed E-state index contributed by atoms with van der Waals surface area (Å²) in [6, 6.07) is 5.04. The third-order valence-corrected chi connectivity index (χ3v) is 8.68. The number of methoxy groups -OCH3 is 2. The third-order valence-electron chi connectivity index (χ3n) is 8.68. The molecule has 3 aliphatic rings. The molecule has 40 heavy (non-hydrogen) atoms. The van der Waals surface area contributed by atoms with Gasteiger partial charge in [0, 0.05) is 30.6 Å². The molecule has 7 unspecified atom stereocenters. The highest BCUT2D eigenvalue weighted by molar-refractivity contribution is 6.08. The Morgan fingerprint density at radius 2 is 1.98 bits per heavy atom. The minimum absolute atomic E-state index is 0.163. The summed E-state index contributed by atoms with van der Waals surface area (Å²) in [5.41, 5.74) is 1.72. The molecule has 2 fully saturated rings. The molecule has 1 saturated carbocycles. The summed E-state index contributed by atoms with van der Waals surface area (Å²) in [5.74, 6) is 1.86. The van der Waals surface area contributed by atoms with Gasteiger partial charge in [0.25, 0.3) is 0 Å². The second kappa shape index (κ2) is 12.3. The van der Waals surface area contributed by atoms with Crippen LogP contribution in [0.25, 0.3) is 10.9 Å². The molecular formula is C30H40N2O8. The molecule has 2 aliphatic heterocycles. The smallest absolute Gasteiger partial charge is 0.305 e. The Morgan fingerprint density at radius 3 is 2.70 bits per heavy atom. The van der Waals surface area contributed by atoms with E-state index >= 15 is 0 Å². The Hall–Kier alpha value is -2.92. The van der Waals surface area contributed by atoms with Crippen LogP contribution < -0.4 is 4.74 Å². The van der Waals surface area contributed by atoms with Gasteiger partial charge >= 0.3 is 5.97 Å². The largest absolute Gasteiger partial charge is 0.497 e. The molecule has 0 radical (unpaired) electrons. The molecular weight excluding hydrogens is 516 g/mol. The van der Waals surface area contributed by atoms with E-state index in [1.807, 2.05) is 24.4 Å². The molecule has 5 rings (SSSR count). The number of benzene rings is 1. The standard InChI is InChI=1S/C30H40N2O8/c1-4-5-6-7-20-17(12-25(34)38-3)8-9-18(20)14-32-15-22(21-11-10-19(37-2)13-23(21)32)29-31-26-28(36)27(35)24(16-33)39-30(26)40-29/h5-6,10-11,13,15,17-18,20,24,26-28,30,33,35-36H,4,7-9,12,14,16H2,1-3H3/b6-5-/t17-,18?,20?,24?,26?,27?,28?,30?/m1/s1. The number of aromatic nitrogens is 1. The number of allylic oxidation sites excluding steroid dienone is 2. The van der Waals surface area contributed by atoms with Crippen LogP contribution in [0.1, 0.15) is 44.6 Å². The highest BCUT2D eigenvalue weighted by atomic mass is 16.7. The summed E-state index contributed by atoms with van der Waals surface area (Å²) in [5, 5.41) is 31.4. The Labute approximate surface area is 234 Å². The topological polar surface area (TPSA) is 132 Å². The average molecular weight is 557 g/mol.